The summed E-state index contributed by atoms with van der Waals surface area (Å²) in [6.45, 7) is 0.294. The summed E-state index contributed by atoms with van der Waals surface area (Å²) in [5, 5.41) is 2.85. The van der Waals surface area contributed by atoms with E-state index in [1.807, 2.05) is 12.1 Å². The first-order valence-corrected chi connectivity index (χ1v) is 9.89. The van der Waals surface area contributed by atoms with Crippen molar-refractivity contribution in [1.82, 2.24) is 5.32 Å². The zero-order valence-electron chi connectivity index (χ0n) is 18.8. The summed E-state index contributed by atoms with van der Waals surface area (Å²) in [5.41, 5.74) is 1.63. The molecule has 0 radical (unpaired) electrons. The fraction of sp³-hybridized carbons (Fsp3) is 0.292. The van der Waals surface area contributed by atoms with Crippen LogP contribution in [-0.4, -0.2) is 41.5 Å². The first kappa shape index (κ1) is 22.9. The van der Waals surface area contributed by atoms with Gasteiger partial charge in [-0.2, -0.15) is 0 Å². The summed E-state index contributed by atoms with van der Waals surface area (Å²) in [7, 11) is 7.88. The quantitative estimate of drug-likeness (QED) is 0.511. The molecule has 3 rings (SSSR count). The maximum Gasteiger partial charge on any atom is 0.287 e. The third-order valence-electron chi connectivity index (χ3n) is 4.92. The molecule has 0 aliphatic rings. The zero-order chi connectivity index (χ0) is 23.1. The highest BCUT2D eigenvalue weighted by Gasteiger charge is 2.17. The van der Waals surface area contributed by atoms with Crippen molar-refractivity contribution in [1.29, 1.82) is 0 Å². The average Bonchev–Trinajstić information content (AvgIpc) is 3.30. The van der Waals surface area contributed by atoms with Crippen molar-refractivity contribution in [2.75, 3.05) is 35.5 Å². The van der Waals surface area contributed by atoms with E-state index in [4.69, 9.17) is 28.1 Å². The van der Waals surface area contributed by atoms with E-state index in [1.165, 1.54) is 0 Å². The van der Waals surface area contributed by atoms with Crippen LogP contribution >= 0.6 is 0 Å². The van der Waals surface area contributed by atoms with Crippen molar-refractivity contribution in [2.24, 2.45) is 0 Å². The number of ether oxygens (including phenoxy) is 5. The van der Waals surface area contributed by atoms with Gasteiger partial charge in [0.1, 0.15) is 34.5 Å². The van der Waals surface area contributed by atoms with Crippen molar-refractivity contribution in [3.63, 3.8) is 0 Å². The molecule has 0 spiro atoms. The number of furan rings is 1. The molecule has 0 saturated carbocycles. The van der Waals surface area contributed by atoms with Crippen LogP contribution in [0.3, 0.4) is 0 Å². The molecular formula is C24H27NO7. The van der Waals surface area contributed by atoms with Crippen LogP contribution in [-0.2, 0) is 13.0 Å². The molecule has 2 aromatic carbocycles. The lowest BCUT2D eigenvalue weighted by atomic mass is 10.1. The van der Waals surface area contributed by atoms with Crippen LogP contribution in [0.2, 0.25) is 0 Å². The Hall–Kier alpha value is -3.81. The third kappa shape index (κ3) is 5.26. The molecule has 0 aliphatic carbocycles. The first-order chi connectivity index (χ1) is 15.5. The number of rotatable bonds is 10. The molecule has 0 aliphatic heterocycles. The van der Waals surface area contributed by atoms with Crippen LogP contribution in [0.5, 0.6) is 28.7 Å². The van der Waals surface area contributed by atoms with Gasteiger partial charge in [-0.15, -0.1) is 0 Å². The van der Waals surface area contributed by atoms with Gasteiger partial charge in [0, 0.05) is 36.7 Å². The Balaban J connectivity index is 1.72. The molecule has 3 aromatic rings. The smallest absolute Gasteiger partial charge is 0.287 e. The average molecular weight is 441 g/mol. The molecule has 0 saturated heterocycles. The number of hydrogen-bond donors (Lipinski definition) is 1. The van der Waals surface area contributed by atoms with Crippen LogP contribution in [0.25, 0.3) is 0 Å². The first-order valence-electron chi connectivity index (χ1n) is 9.89. The molecule has 0 unspecified atom stereocenters. The predicted molar refractivity (Wildman–Crippen MR) is 118 cm³/mol. The Morgan fingerprint density at radius 3 is 1.88 bits per heavy atom. The second kappa shape index (κ2) is 10.5. The van der Waals surface area contributed by atoms with Crippen molar-refractivity contribution in [2.45, 2.75) is 13.0 Å². The fourth-order valence-corrected chi connectivity index (χ4v) is 3.26. The molecule has 0 bridgehead atoms. The molecule has 1 N–H and O–H groups in total. The minimum absolute atomic E-state index is 0.210. The summed E-state index contributed by atoms with van der Waals surface area (Å²) >= 11 is 0. The Labute approximate surface area is 187 Å². The van der Waals surface area contributed by atoms with Gasteiger partial charge in [0.15, 0.2) is 5.76 Å². The molecule has 0 fully saturated rings. The van der Waals surface area contributed by atoms with Gasteiger partial charge in [-0.05, 0) is 29.8 Å². The number of methoxy groups -OCH3 is 5. The lowest BCUT2D eigenvalue weighted by Gasteiger charge is -2.14. The molecule has 8 heteroatoms. The number of carbonyl (C=O) groups excluding carboxylic acids is 1. The molecule has 1 amide bonds. The Kier molecular flexibility index (Phi) is 7.49. The van der Waals surface area contributed by atoms with Crippen LogP contribution in [0.4, 0.5) is 0 Å². The number of amides is 1. The largest absolute Gasteiger partial charge is 0.497 e. The maximum absolute atomic E-state index is 12.6. The number of hydrogen-bond acceptors (Lipinski definition) is 7. The minimum atomic E-state index is -0.327. The van der Waals surface area contributed by atoms with Gasteiger partial charge in [0.05, 0.1) is 35.5 Å². The summed E-state index contributed by atoms with van der Waals surface area (Å²) in [6.07, 6.45) is 0.386. The molecule has 0 atom stereocenters. The van der Waals surface area contributed by atoms with E-state index < -0.39 is 0 Å². The van der Waals surface area contributed by atoms with E-state index >= 15 is 0 Å². The standard InChI is InChI=1S/C24H27NO7/c1-27-17-8-15(9-18(10-17)28-2)14-25-24(26)21-7-6-16(32-21)11-20-22(30-4)12-19(29-3)13-23(20)31-5/h6-10,12-13H,11,14H2,1-5H3,(H,25,26). The highest BCUT2D eigenvalue weighted by atomic mass is 16.5. The monoisotopic (exact) mass is 441 g/mol. The van der Waals surface area contributed by atoms with Gasteiger partial charge < -0.3 is 33.4 Å². The van der Waals surface area contributed by atoms with E-state index in [2.05, 4.69) is 5.32 Å². The van der Waals surface area contributed by atoms with Crippen molar-refractivity contribution < 1.29 is 32.9 Å². The lowest BCUT2D eigenvalue weighted by molar-refractivity contribution is 0.0921. The van der Waals surface area contributed by atoms with E-state index in [0.29, 0.717) is 47.5 Å². The second-order valence-corrected chi connectivity index (χ2v) is 6.86. The van der Waals surface area contributed by atoms with Gasteiger partial charge in [0.2, 0.25) is 0 Å². The van der Waals surface area contributed by atoms with Crippen molar-refractivity contribution >= 4 is 5.91 Å². The van der Waals surface area contributed by atoms with Gasteiger partial charge in [-0.25, -0.2) is 0 Å². The summed E-state index contributed by atoms with van der Waals surface area (Å²) in [6, 6.07) is 12.4. The van der Waals surface area contributed by atoms with E-state index in [-0.39, 0.29) is 11.7 Å². The van der Waals surface area contributed by atoms with Crippen LogP contribution in [0.1, 0.15) is 27.4 Å². The Morgan fingerprint density at radius 2 is 1.34 bits per heavy atom. The van der Waals surface area contributed by atoms with E-state index in [0.717, 1.165) is 11.1 Å². The van der Waals surface area contributed by atoms with E-state index in [1.54, 1.807) is 65.9 Å². The molecule has 170 valence electrons. The van der Waals surface area contributed by atoms with Gasteiger partial charge in [-0.3, -0.25) is 4.79 Å². The molecule has 1 heterocycles. The fourth-order valence-electron chi connectivity index (χ4n) is 3.26. The molecule has 8 nitrogen and oxygen atoms in total. The lowest BCUT2D eigenvalue weighted by Crippen LogP contribution is -2.22. The van der Waals surface area contributed by atoms with Crippen LogP contribution in [0, 0.1) is 0 Å². The van der Waals surface area contributed by atoms with Crippen LogP contribution < -0.4 is 29.0 Å². The summed E-state index contributed by atoms with van der Waals surface area (Å²) < 4.78 is 32.5. The molecular weight excluding hydrogens is 414 g/mol. The topological polar surface area (TPSA) is 88.4 Å². The second-order valence-electron chi connectivity index (χ2n) is 6.86. The highest BCUT2D eigenvalue weighted by Crippen LogP contribution is 2.35. The Morgan fingerprint density at radius 1 is 0.781 bits per heavy atom. The minimum Gasteiger partial charge on any atom is -0.497 e. The van der Waals surface area contributed by atoms with Gasteiger partial charge >= 0.3 is 0 Å². The Bertz CT molecular complexity index is 1030. The van der Waals surface area contributed by atoms with Crippen molar-refractivity contribution in [3.8, 4) is 28.7 Å². The van der Waals surface area contributed by atoms with Crippen molar-refractivity contribution in [3.05, 3.63) is 65.1 Å². The highest BCUT2D eigenvalue weighted by molar-refractivity contribution is 5.91. The number of nitrogens with one attached hydrogen (secondary N) is 1. The predicted octanol–water partition coefficient (Wildman–Crippen LogP) is 3.84. The summed E-state index contributed by atoms with van der Waals surface area (Å²) in [5.74, 6) is 3.61. The maximum atomic E-state index is 12.6. The number of carbonyl (C=O) groups is 1. The van der Waals surface area contributed by atoms with E-state index in [9.17, 15) is 4.79 Å². The van der Waals surface area contributed by atoms with Gasteiger partial charge in [-0.1, -0.05) is 0 Å². The normalized spacial score (nSPS) is 10.4. The third-order valence-corrected chi connectivity index (χ3v) is 4.92. The zero-order valence-corrected chi connectivity index (χ0v) is 18.8. The molecule has 1 aromatic heterocycles. The van der Waals surface area contributed by atoms with Gasteiger partial charge in [0.25, 0.3) is 5.91 Å². The van der Waals surface area contributed by atoms with Crippen LogP contribution in [0.15, 0.2) is 46.9 Å². The number of benzene rings is 2. The SMILES string of the molecule is COc1cc(CNC(=O)c2ccc(Cc3c(OC)cc(OC)cc3OC)o2)cc(OC)c1. The molecule has 32 heavy (non-hydrogen) atoms. The summed E-state index contributed by atoms with van der Waals surface area (Å²) in [4.78, 5) is 12.6.